The van der Waals surface area contributed by atoms with Crippen LogP contribution in [-0.2, 0) is 14.0 Å². The van der Waals surface area contributed by atoms with Gasteiger partial charge in [0.25, 0.3) is 0 Å². The van der Waals surface area contributed by atoms with Crippen LogP contribution in [0.3, 0.4) is 0 Å². The maximum absolute atomic E-state index is 12.0. The molecule has 0 aliphatic heterocycles. The molecule has 0 atom stereocenters. The molecular formula is C18H32O3Si. The number of carbonyl (C=O) groups is 1. The summed E-state index contributed by atoms with van der Waals surface area (Å²) in [5.41, 5.74) is 3.23. The van der Waals surface area contributed by atoms with Crippen molar-refractivity contribution in [2.24, 2.45) is 0 Å². The molecule has 3 nitrogen and oxygen atoms in total. The van der Waals surface area contributed by atoms with Gasteiger partial charge in [0.05, 0.1) is 18.4 Å². The lowest BCUT2D eigenvalue weighted by atomic mass is 10.1. The third kappa shape index (κ3) is 9.61. The number of ether oxygens (including phenoxy) is 1. The Kier molecular flexibility index (Phi) is 9.10. The zero-order valence-electron chi connectivity index (χ0n) is 15.5. The molecule has 0 radical (unpaired) electrons. The molecule has 0 N–H and O–H groups in total. The molecular weight excluding hydrogens is 292 g/mol. The molecule has 0 aromatic rings. The van der Waals surface area contributed by atoms with Crippen molar-refractivity contribution in [3.63, 3.8) is 0 Å². The van der Waals surface area contributed by atoms with E-state index in [1.807, 2.05) is 6.92 Å². The van der Waals surface area contributed by atoms with Crippen molar-refractivity contribution in [3.05, 3.63) is 34.6 Å². The van der Waals surface area contributed by atoms with Gasteiger partial charge >= 0.3 is 5.97 Å². The maximum atomic E-state index is 12.0. The molecule has 4 heteroatoms. The third-order valence-electron chi connectivity index (χ3n) is 3.06. The van der Waals surface area contributed by atoms with Crippen LogP contribution in [0.4, 0.5) is 0 Å². The van der Waals surface area contributed by atoms with Crippen molar-refractivity contribution in [3.8, 4) is 0 Å². The van der Waals surface area contributed by atoms with Crippen molar-refractivity contribution >= 4 is 14.3 Å². The lowest BCUT2D eigenvalue weighted by Gasteiger charge is -2.21. The lowest BCUT2D eigenvalue weighted by Crippen LogP contribution is -2.25. The van der Waals surface area contributed by atoms with E-state index >= 15 is 0 Å². The van der Waals surface area contributed by atoms with E-state index in [-0.39, 0.29) is 5.97 Å². The summed E-state index contributed by atoms with van der Waals surface area (Å²) >= 11 is 0. The van der Waals surface area contributed by atoms with Crippen LogP contribution in [0.15, 0.2) is 34.6 Å². The number of esters is 1. The number of hydrogen-bond donors (Lipinski definition) is 0. The fourth-order valence-corrected chi connectivity index (χ4v) is 3.02. The summed E-state index contributed by atoms with van der Waals surface area (Å²) in [5, 5.41) is 0. The van der Waals surface area contributed by atoms with Crippen LogP contribution in [-0.4, -0.2) is 21.4 Å². The van der Waals surface area contributed by atoms with Crippen molar-refractivity contribution in [1.29, 1.82) is 0 Å². The van der Waals surface area contributed by atoms with Crippen LogP contribution in [0.1, 0.15) is 47.0 Å². The molecule has 0 bridgehead atoms. The first-order chi connectivity index (χ1) is 10.1. The Morgan fingerprint density at radius 1 is 1.05 bits per heavy atom. The first kappa shape index (κ1) is 20.7. The van der Waals surface area contributed by atoms with Gasteiger partial charge in [0, 0.05) is 6.42 Å². The highest BCUT2D eigenvalue weighted by Crippen LogP contribution is 2.19. The average molecular weight is 325 g/mol. The molecule has 0 unspecified atom stereocenters. The molecule has 126 valence electrons. The van der Waals surface area contributed by atoms with E-state index in [9.17, 15) is 4.79 Å². The van der Waals surface area contributed by atoms with Gasteiger partial charge in [-0.05, 0) is 60.2 Å². The predicted molar refractivity (Wildman–Crippen MR) is 96.2 cm³/mol. The van der Waals surface area contributed by atoms with E-state index < -0.39 is 8.32 Å². The standard InChI is InChI=1S/C18H32O3Si/c1-14(2)10-9-11-15(3)12-13-17(18(19)20-5)16(4)21-22(6,7)8/h10,12H,9,11,13H2,1-8H3. The van der Waals surface area contributed by atoms with Crippen molar-refractivity contribution in [2.75, 3.05) is 7.11 Å². The lowest BCUT2D eigenvalue weighted by molar-refractivity contribution is -0.136. The summed E-state index contributed by atoms with van der Waals surface area (Å²) in [4.78, 5) is 12.0. The first-order valence-electron chi connectivity index (χ1n) is 7.83. The Bertz CT molecular complexity index is 461. The maximum Gasteiger partial charge on any atom is 0.337 e. The van der Waals surface area contributed by atoms with Crippen LogP contribution >= 0.6 is 0 Å². The molecule has 0 rings (SSSR count). The molecule has 0 aliphatic rings. The highest BCUT2D eigenvalue weighted by Gasteiger charge is 2.20. The van der Waals surface area contributed by atoms with Gasteiger partial charge < -0.3 is 9.16 Å². The van der Waals surface area contributed by atoms with E-state index in [0.717, 1.165) is 12.8 Å². The monoisotopic (exact) mass is 324 g/mol. The van der Waals surface area contributed by atoms with Crippen LogP contribution in [0.5, 0.6) is 0 Å². The third-order valence-corrected chi connectivity index (χ3v) is 3.98. The molecule has 0 spiro atoms. The topological polar surface area (TPSA) is 35.5 Å². The minimum absolute atomic E-state index is 0.302. The van der Waals surface area contributed by atoms with Gasteiger partial charge in [-0.3, -0.25) is 0 Å². The summed E-state index contributed by atoms with van der Waals surface area (Å²) in [7, 11) is -0.313. The van der Waals surface area contributed by atoms with Crippen LogP contribution in [0, 0.1) is 0 Å². The van der Waals surface area contributed by atoms with Crippen molar-refractivity contribution < 1.29 is 14.0 Å². The molecule has 22 heavy (non-hydrogen) atoms. The van der Waals surface area contributed by atoms with Gasteiger partial charge in [-0.15, -0.1) is 0 Å². The number of hydrogen-bond acceptors (Lipinski definition) is 3. The average Bonchev–Trinajstić information content (AvgIpc) is 2.35. The molecule has 0 saturated carbocycles. The quantitative estimate of drug-likeness (QED) is 0.198. The summed E-state index contributed by atoms with van der Waals surface area (Å²) in [6.45, 7) is 14.5. The number of rotatable bonds is 8. The van der Waals surface area contributed by atoms with Crippen molar-refractivity contribution in [1.82, 2.24) is 0 Å². The van der Waals surface area contributed by atoms with Gasteiger partial charge in [-0.2, -0.15) is 0 Å². The van der Waals surface area contributed by atoms with Gasteiger partial charge in [0.1, 0.15) is 0 Å². The second-order valence-electron chi connectivity index (χ2n) is 6.82. The molecule has 0 aliphatic carbocycles. The largest absolute Gasteiger partial charge is 0.547 e. The molecule has 0 saturated heterocycles. The van der Waals surface area contributed by atoms with Gasteiger partial charge in [-0.25, -0.2) is 4.79 Å². The zero-order valence-corrected chi connectivity index (χ0v) is 16.5. The Labute approximate surface area is 137 Å². The smallest absolute Gasteiger partial charge is 0.337 e. The predicted octanol–water partition coefficient (Wildman–Crippen LogP) is 5.37. The summed E-state index contributed by atoms with van der Waals surface area (Å²) in [6.07, 6.45) is 6.93. The zero-order chi connectivity index (χ0) is 17.3. The summed E-state index contributed by atoms with van der Waals surface area (Å²) < 4.78 is 10.8. The summed E-state index contributed by atoms with van der Waals surface area (Å²) in [5.74, 6) is 0.392. The Morgan fingerprint density at radius 2 is 1.64 bits per heavy atom. The Balaban J connectivity index is 4.98. The summed E-state index contributed by atoms with van der Waals surface area (Å²) in [6, 6.07) is 0. The fourth-order valence-electron chi connectivity index (χ4n) is 1.98. The minimum Gasteiger partial charge on any atom is -0.547 e. The molecule has 0 amide bonds. The van der Waals surface area contributed by atoms with Crippen molar-refractivity contribution in [2.45, 2.75) is 66.6 Å². The highest BCUT2D eigenvalue weighted by atomic mass is 28.4. The van der Waals surface area contributed by atoms with Crippen LogP contribution in [0.25, 0.3) is 0 Å². The van der Waals surface area contributed by atoms with E-state index in [2.05, 4.69) is 52.6 Å². The number of carbonyl (C=O) groups excluding carboxylic acids is 1. The van der Waals surface area contributed by atoms with Gasteiger partial charge in [0.2, 0.25) is 8.32 Å². The van der Waals surface area contributed by atoms with Crippen LogP contribution < -0.4 is 0 Å². The highest BCUT2D eigenvalue weighted by molar-refractivity contribution is 6.70. The second kappa shape index (κ2) is 9.67. The number of allylic oxidation sites excluding steroid dienone is 5. The molecule has 0 fully saturated rings. The Hall–Kier alpha value is -1.29. The van der Waals surface area contributed by atoms with Crippen LogP contribution in [0.2, 0.25) is 19.6 Å². The first-order valence-corrected chi connectivity index (χ1v) is 11.2. The van der Waals surface area contributed by atoms with E-state index in [1.54, 1.807) is 0 Å². The molecule has 0 aromatic carbocycles. The second-order valence-corrected chi connectivity index (χ2v) is 11.2. The SMILES string of the molecule is COC(=O)C(CC=C(C)CCC=C(C)C)=C(C)O[Si](C)(C)C. The fraction of sp³-hybridized carbons (Fsp3) is 0.611. The van der Waals surface area contributed by atoms with Gasteiger partial charge in [0.15, 0.2) is 0 Å². The Morgan fingerprint density at radius 3 is 2.09 bits per heavy atom. The number of methoxy groups -OCH3 is 1. The van der Waals surface area contributed by atoms with E-state index in [1.165, 1.54) is 18.3 Å². The normalized spacial score (nSPS) is 13.4. The minimum atomic E-state index is -1.73. The van der Waals surface area contributed by atoms with E-state index in [4.69, 9.17) is 9.16 Å². The van der Waals surface area contributed by atoms with Gasteiger partial charge in [-0.1, -0.05) is 23.3 Å². The molecule has 0 aromatic heterocycles. The van der Waals surface area contributed by atoms with E-state index in [0.29, 0.717) is 17.8 Å². The molecule has 0 heterocycles.